The molecule has 0 aromatic heterocycles. The summed E-state index contributed by atoms with van der Waals surface area (Å²) in [5.74, 6) is -2.24. The molecule has 1 heterocycles. The number of amides is 2. The molecule has 182 valence electrons. The van der Waals surface area contributed by atoms with Crippen LogP contribution in [0.2, 0.25) is 0 Å². The average Bonchev–Trinajstić information content (AvgIpc) is 3.26. The summed E-state index contributed by atoms with van der Waals surface area (Å²) < 4.78 is 5.78. The summed E-state index contributed by atoms with van der Waals surface area (Å²) in [5, 5.41) is 11.6. The van der Waals surface area contributed by atoms with Crippen LogP contribution in [0.5, 0.6) is 0 Å². The van der Waals surface area contributed by atoms with Crippen molar-refractivity contribution >= 4 is 24.3 Å². The number of esters is 1. The van der Waals surface area contributed by atoms with Gasteiger partial charge in [0.1, 0.15) is 12.1 Å². The lowest BCUT2D eigenvalue weighted by Crippen LogP contribution is -2.51. The van der Waals surface area contributed by atoms with Crippen LogP contribution in [0.15, 0.2) is 0 Å². The normalized spacial score (nSPS) is 26.8. The number of carbonyl (C=O) groups excluding carboxylic acids is 3. The van der Waals surface area contributed by atoms with Crippen molar-refractivity contribution in [2.24, 2.45) is 22.7 Å². The van der Waals surface area contributed by atoms with E-state index >= 15 is 0 Å². The number of nitrogens with zero attached hydrogens (tertiary/aromatic N) is 1. The topological polar surface area (TPSA) is 113 Å². The highest BCUT2D eigenvalue weighted by Gasteiger charge is 2.49. The van der Waals surface area contributed by atoms with E-state index in [4.69, 9.17) is 9.84 Å². The molecule has 1 aliphatic carbocycles. The number of carbonyl (C=O) groups is 4. The molecule has 0 aromatic rings. The van der Waals surface area contributed by atoms with Crippen LogP contribution in [0.4, 0.5) is 0 Å². The molecule has 5 unspecified atom stereocenters. The number of carboxylic acids is 1. The summed E-state index contributed by atoms with van der Waals surface area (Å²) in [7, 11) is 0. The molecular formula is C24H40N2O6. The monoisotopic (exact) mass is 452 g/mol. The lowest BCUT2D eigenvalue weighted by atomic mass is 9.66. The molecule has 5 atom stereocenters. The third-order valence-electron chi connectivity index (χ3n) is 8.20. The Kier molecular flexibility index (Phi) is 8.34. The largest absolute Gasteiger partial charge is 0.481 e. The first-order chi connectivity index (χ1) is 14.8. The van der Waals surface area contributed by atoms with Gasteiger partial charge < -0.3 is 20.1 Å². The number of aliphatic carboxylic acids is 1. The summed E-state index contributed by atoms with van der Waals surface area (Å²) in [6.07, 6.45) is 4.31. The molecule has 2 amide bonds. The smallest absolute Gasteiger partial charge is 0.329 e. The fourth-order valence-electron chi connectivity index (χ4n) is 5.16. The molecule has 1 saturated heterocycles. The van der Waals surface area contributed by atoms with Crippen molar-refractivity contribution in [2.75, 3.05) is 6.54 Å². The van der Waals surface area contributed by atoms with E-state index in [2.05, 4.69) is 33.0 Å². The van der Waals surface area contributed by atoms with Gasteiger partial charge in [0.2, 0.25) is 12.3 Å². The van der Waals surface area contributed by atoms with Crippen LogP contribution >= 0.6 is 0 Å². The fraction of sp³-hybridized carbons (Fsp3) is 0.833. The van der Waals surface area contributed by atoms with Crippen molar-refractivity contribution in [3.05, 3.63) is 0 Å². The summed E-state index contributed by atoms with van der Waals surface area (Å²) >= 11 is 0. The van der Waals surface area contributed by atoms with Gasteiger partial charge in [-0.25, -0.2) is 4.79 Å². The quantitative estimate of drug-likeness (QED) is 0.389. The molecule has 2 N–H and O–H groups in total. The van der Waals surface area contributed by atoms with E-state index in [1.807, 2.05) is 6.92 Å². The minimum atomic E-state index is -1.04. The van der Waals surface area contributed by atoms with Gasteiger partial charge in [-0.05, 0) is 62.2 Å². The lowest BCUT2D eigenvalue weighted by Gasteiger charge is -2.40. The molecular weight excluding hydrogens is 412 g/mol. The van der Waals surface area contributed by atoms with Gasteiger partial charge in [0.25, 0.3) is 0 Å². The van der Waals surface area contributed by atoms with Gasteiger partial charge in [-0.15, -0.1) is 0 Å². The average molecular weight is 453 g/mol. The second-order valence-corrected chi connectivity index (χ2v) is 10.8. The van der Waals surface area contributed by atoms with Gasteiger partial charge in [-0.1, -0.05) is 34.6 Å². The highest BCUT2D eigenvalue weighted by Crippen LogP contribution is 2.57. The number of rotatable bonds is 10. The van der Waals surface area contributed by atoms with Gasteiger partial charge in [0.15, 0.2) is 0 Å². The zero-order chi connectivity index (χ0) is 24.3. The Morgan fingerprint density at radius 2 is 1.84 bits per heavy atom. The zero-order valence-corrected chi connectivity index (χ0v) is 20.3. The Labute approximate surface area is 191 Å². The second kappa shape index (κ2) is 10.2. The first kappa shape index (κ1) is 26.1. The van der Waals surface area contributed by atoms with E-state index in [1.165, 1.54) is 11.8 Å². The molecule has 0 aromatic carbocycles. The third-order valence-corrected chi connectivity index (χ3v) is 8.20. The predicted octanol–water partition coefficient (Wildman–Crippen LogP) is 2.99. The number of ether oxygens (including phenoxy) is 1. The predicted molar refractivity (Wildman–Crippen MR) is 120 cm³/mol. The summed E-state index contributed by atoms with van der Waals surface area (Å²) in [6, 6.07) is -1.68. The maximum atomic E-state index is 13.0. The van der Waals surface area contributed by atoms with Crippen molar-refractivity contribution in [2.45, 2.75) is 98.3 Å². The van der Waals surface area contributed by atoms with Gasteiger partial charge in [0, 0.05) is 6.54 Å². The van der Waals surface area contributed by atoms with Crippen LogP contribution in [0, 0.1) is 22.7 Å². The number of carboxylic acid groups (broad SMARTS) is 1. The summed E-state index contributed by atoms with van der Waals surface area (Å²) in [4.78, 5) is 49.6. The minimum absolute atomic E-state index is 0.0336. The Hall–Kier alpha value is -2.12. The fourth-order valence-corrected chi connectivity index (χ4v) is 5.16. The Balaban J connectivity index is 2.00. The highest BCUT2D eigenvalue weighted by molar-refractivity contribution is 5.89. The molecule has 8 heteroatoms. The molecule has 0 bridgehead atoms. The second-order valence-electron chi connectivity index (χ2n) is 10.8. The van der Waals surface area contributed by atoms with Crippen LogP contribution in [0.25, 0.3) is 0 Å². The van der Waals surface area contributed by atoms with Gasteiger partial charge in [0.05, 0.1) is 12.0 Å². The number of likely N-dealkylation sites (tertiary alicyclic amines) is 1. The van der Waals surface area contributed by atoms with E-state index in [0.29, 0.717) is 31.7 Å². The lowest BCUT2D eigenvalue weighted by molar-refractivity contribution is -0.159. The molecule has 1 saturated carbocycles. The molecule has 0 radical (unpaired) electrons. The van der Waals surface area contributed by atoms with Crippen molar-refractivity contribution in [3.8, 4) is 0 Å². The standard InChI is InChI=1S/C24H40N2O6/c1-15(21(29)30)12-18(25-14-27)20(28)26-11-7-8-19(26)22(31)32-16(2)13-17-9-10-23(3,4)24(17,5)6/h14-19H,7-13H2,1-6H3,(H,25,27)(H,29,30). The van der Waals surface area contributed by atoms with Crippen LogP contribution < -0.4 is 5.32 Å². The van der Waals surface area contributed by atoms with Crippen LogP contribution in [0.1, 0.15) is 80.1 Å². The van der Waals surface area contributed by atoms with Crippen molar-refractivity contribution in [1.29, 1.82) is 0 Å². The van der Waals surface area contributed by atoms with Crippen molar-refractivity contribution in [3.63, 3.8) is 0 Å². The van der Waals surface area contributed by atoms with Crippen LogP contribution in [0.3, 0.4) is 0 Å². The first-order valence-electron chi connectivity index (χ1n) is 11.7. The molecule has 8 nitrogen and oxygen atoms in total. The van der Waals surface area contributed by atoms with Crippen molar-refractivity contribution < 1.29 is 29.0 Å². The summed E-state index contributed by atoms with van der Waals surface area (Å²) in [6.45, 7) is 12.9. The molecule has 2 rings (SSSR count). The number of hydrogen-bond donors (Lipinski definition) is 2. The van der Waals surface area contributed by atoms with E-state index in [9.17, 15) is 19.2 Å². The van der Waals surface area contributed by atoms with E-state index in [1.54, 1.807) is 0 Å². The molecule has 2 fully saturated rings. The maximum Gasteiger partial charge on any atom is 0.329 e. The maximum absolute atomic E-state index is 13.0. The molecule has 32 heavy (non-hydrogen) atoms. The Morgan fingerprint density at radius 3 is 2.38 bits per heavy atom. The minimum Gasteiger partial charge on any atom is -0.481 e. The zero-order valence-electron chi connectivity index (χ0n) is 20.3. The van der Waals surface area contributed by atoms with Crippen molar-refractivity contribution in [1.82, 2.24) is 10.2 Å². The number of nitrogens with one attached hydrogen (secondary N) is 1. The van der Waals surface area contributed by atoms with E-state index in [-0.39, 0.29) is 23.4 Å². The SMILES string of the molecule is CC(CC1CCC(C)(C)C1(C)C)OC(=O)C1CCCN1C(=O)C(CC(C)C(=O)O)NC=O. The van der Waals surface area contributed by atoms with E-state index in [0.717, 1.165) is 19.3 Å². The number of hydrogen-bond acceptors (Lipinski definition) is 5. The highest BCUT2D eigenvalue weighted by atomic mass is 16.5. The third kappa shape index (κ3) is 5.62. The molecule has 2 aliphatic rings. The van der Waals surface area contributed by atoms with Gasteiger partial charge >= 0.3 is 11.9 Å². The Morgan fingerprint density at radius 1 is 1.19 bits per heavy atom. The summed E-state index contributed by atoms with van der Waals surface area (Å²) in [5.41, 5.74) is 0.390. The first-order valence-corrected chi connectivity index (χ1v) is 11.7. The Bertz CT molecular complexity index is 719. The van der Waals surface area contributed by atoms with Gasteiger partial charge in [-0.2, -0.15) is 0 Å². The molecule has 1 aliphatic heterocycles. The van der Waals surface area contributed by atoms with E-state index < -0.39 is 35.8 Å². The van der Waals surface area contributed by atoms with Crippen LogP contribution in [-0.2, 0) is 23.9 Å². The van der Waals surface area contributed by atoms with Gasteiger partial charge in [-0.3, -0.25) is 14.4 Å². The molecule has 0 spiro atoms. The van der Waals surface area contributed by atoms with Crippen LogP contribution in [-0.4, -0.2) is 59.0 Å².